The second-order valence-corrected chi connectivity index (χ2v) is 9.19. The van der Waals surface area contributed by atoms with Gasteiger partial charge in [0.1, 0.15) is 17.2 Å². The van der Waals surface area contributed by atoms with E-state index < -0.39 is 34.9 Å². The van der Waals surface area contributed by atoms with E-state index in [1.807, 2.05) is 30.3 Å². The van der Waals surface area contributed by atoms with E-state index in [1.165, 1.54) is 24.3 Å². The van der Waals surface area contributed by atoms with Crippen molar-refractivity contribution >= 4 is 43.5 Å². The third-order valence-electron chi connectivity index (χ3n) is 5.44. The van der Waals surface area contributed by atoms with Crippen molar-refractivity contribution in [1.29, 1.82) is 0 Å². The minimum absolute atomic E-state index is 0.0707. The van der Waals surface area contributed by atoms with Gasteiger partial charge in [0, 0.05) is 17.5 Å². The molecule has 1 N–H and O–H groups in total. The van der Waals surface area contributed by atoms with Crippen molar-refractivity contribution in [3.8, 4) is 11.5 Å². The molecule has 5 nitrogen and oxygen atoms in total. The van der Waals surface area contributed by atoms with Crippen LogP contribution in [0.5, 0.6) is 11.5 Å². The van der Waals surface area contributed by atoms with Crippen molar-refractivity contribution in [3.63, 3.8) is 0 Å². The first kappa shape index (κ1) is 25.5. The Morgan fingerprint density at radius 1 is 0.868 bits per heavy atom. The molecule has 3 aromatic carbocycles. The van der Waals surface area contributed by atoms with Gasteiger partial charge in [-0.15, -0.1) is 0 Å². The van der Waals surface area contributed by atoms with Crippen LogP contribution in [0.15, 0.2) is 72.8 Å². The first-order chi connectivity index (χ1) is 18.0. The van der Waals surface area contributed by atoms with E-state index in [9.17, 15) is 31.1 Å². The predicted molar refractivity (Wildman–Crippen MR) is 130 cm³/mol. The monoisotopic (exact) mass is 547 g/mol. The van der Waals surface area contributed by atoms with Crippen molar-refractivity contribution in [2.24, 2.45) is 0 Å². The van der Waals surface area contributed by atoms with Gasteiger partial charge in [0.2, 0.25) is 5.91 Å². The van der Waals surface area contributed by atoms with E-state index in [0.717, 1.165) is 23.0 Å². The zero-order valence-electron chi connectivity index (χ0n) is 19.0. The van der Waals surface area contributed by atoms with E-state index in [0.29, 0.717) is 27.5 Å². The summed E-state index contributed by atoms with van der Waals surface area (Å²) in [5.74, 6) is -0.648. The third kappa shape index (κ3) is 5.40. The largest absolute Gasteiger partial charge is 0.457 e. The lowest BCUT2D eigenvalue weighted by Gasteiger charge is -2.16. The highest BCUT2D eigenvalue weighted by molar-refractivity contribution is 7.22. The molecule has 2 aromatic heterocycles. The second-order valence-electron chi connectivity index (χ2n) is 8.16. The first-order valence-corrected chi connectivity index (χ1v) is 11.8. The Morgan fingerprint density at radius 2 is 1.63 bits per heavy atom. The fourth-order valence-corrected chi connectivity index (χ4v) is 4.68. The first-order valence-electron chi connectivity index (χ1n) is 11.0. The summed E-state index contributed by atoms with van der Waals surface area (Å²) >= 11 is 1.11. The molecule has 0 aliphatic heterocycles. The molecule has 0 fully saturated rings. The number of hydrogen-bond donors (Lipinski definition) is 1. The van der Waals surface area contributed by atoms with E-state index in [4.69, 9.17) is 4.74 Å². The summed E-state index contributed by atoms with van der Waals surface area (Å²) in [5, 5.41) is 2.78. The molecule has 5 aromatic rings. The van der Waals surface area contributed by atoms with E-state index in [2.05, 4.69) is 15.3 Å². The highest BCUT2D eigenvalue weighted by atomic mass is 32.1. The molecular weight excluding hydrogens is 532 g/mol. The molecular formula is C26H15F6N3O2S. The van der Waals surface area contributed by atoms with Crippen LogP contribution in [0.4, 0.5) is 31.5 Å². The Balaban J connectivity index is 1.46. The summed E-state index contributed by atoms with van der Waals surface area (Å²) in [6.45, 7) is 0. The minimum Gasteiger partial charge on any atom is -0.457 e. The van der Waals surface area contributed by atoms with Crippen LogP contribution in [-0.4, -0.2) is 15.9 Å². The van der Waals surface area contributed by atoms with Gasteiger partial charge < -0.3 is 10.1 Å². The number of anilines is 1. The smallest absolute Gasteiger partial charge is 0.433 e. The maximum atomic E-state index is 13.5. The number of halogens is 6. The fraction of sp³-hybridized carbons (Fsp3) is 0.115. The minimum atomic E-state index is -5.00. The molecule has 0 spiro atoms. The predicted octanol–water partition coefficient (Wildman–Crippen LogP) is 7.86. The SMILES string of the molecule is O=C(Cc1ccccc1)Nc1nc2ccc(Oc3cc(C(F)(F)F)nc4c(C(F)(F)F)cccc34)cc2s1. The molecule has 194 valence electrons. The molecule has 0 bridgehead atoms. The Kier molecular flexibility index (Phi) is 6.43. The van der Waals surface area contributed by atoms with Gasteiger partial charge in [-0.3, -0.25) is 4.79 Å². The lowest BCUT2D eigenvalue weighted by molar-refractivity contribution is -0.142. The van der Waals surface area contributed by atoms with Crippen LogP contribution in [0.2, 0.25) is 0 Å². The number of amides is 1. The summed E-state index contributed by atoms with van der Waals surface area (Å²) in [6, 6.07) is 17.0. The number of alkyl halides is 6. The van der Waals surface area contributed by atoms with Crippen molar-refractivity contribution in [1.82, 2.24) is 9.97 Å². The zero-order valence-corrected chi connectivity index (χ0v) is 19.8. The summed E-state index contributed by atoms with van der Waals surface area (Å²) < 4.78 is 87.1. The number of carbonyl (C=O) groups excluding carboxylic acids is 1. The lowest BCUT2D eigenvalue weighted by Crippen LogP contribution is -2.13. The van der Waals surface area contributed by atoms with Crippen LogP contribution in [0.3, 0.4) is 0 Å². The average Bonchev–Trinajstić information content (AvgIpc) is 3.24. The number of aromatic nitrogens is 2. The Bertz CT molecular complexity index is 1650. The maximum absolute atomic E-state index is 13.5. The van der Waals surface area contributed by atoms with Gasteiger partial charge in [-0.2, -0.15) is 26.3 Å². The van der Waals surface area contributed by atoms with Crippen LogP contribution in [-0.2, 0) is 23.6 Å². The molecule has 5 rings (SSSR count). The summed E-state index contributed by atoms with van der Waals surface area (Å²) in [5.41, 5.74) is -2.38. The van der Waals surface area contributed by atoms with Gasteiger partial charge >= 0.3 is 12.4 Å². The number of carbonyl (C=O) groups is 1. The van der Waals surface area contributed by atoms with Gasteiger partial charge in [-0.25, -0.2) is 9.97 Å². The van der Waals surface area contributed by atoms with E-state index >= 15 is 0 Å². The number of benzene rings is 3. The summed E-state index contributed by atoms with van der Waals surface area (Å²) in [4.78, 5) is 19.9. The molecule has 0 atom stereocenters. The van der Waals surface area contributed by atoms with Gasteiger partial charge in [0.25, 0.3) is 0 Å². The lowest BCUT2D eigenvalue weighted by atomic mass is 10.1. The molecule has 38 heavy (non-hydrogen) atoms. The van der Waals surface area contributed by atoms with E-state index in [-0.39, 0.29) is 23.5 Å². The van der Waals surface area contributed by atoms with Gasteiger partial charge in [0.15, 0.2) is 5.13 Å². The Hall–Kier alpha value is -4.19. The Labute approximate surface area is 214 Å². The molecule has 0 unspecified atom stereocenters. The molecule has 12 heteroatoms. The van der Waals surface area contributed by atoms with Crippen molar-refractivity contribution in [2.75, 3.05) is 5.32 Å². The number of fused-ring (bicyclic) bond motifs is 2. The quantitative estimate of drug-likeness (QED) is 0.228. The number of ether oxygens (including phenoxy) is 1. The van der Waals surface area contributed by atoms with Gasteiger partial charge in [-0.1, -0.05) is 47.7 Å². The van der Waals surface area contributed by atoms with E-state index in [1.54, 1.807) is 0 Å². The number of nitrogens with zero attached hydrogens (tertiary/aromatic N) is 2. The second kappa shape index (κ2) is 9.60. The third-order valence-corrected chi connectivity index (χ3v) is 6.37. The highest BCUT2D eigenvalue weighted by Gasteiger charge is 2.37. The maximum Gasteiger partial charge on any atom is 0.433 e. The van der Waals surface area contributed by atoms with Crippen LogP contribution in [0, 0.1) is 0 Å². The zero-order chi connectivity index (χ0) is 27.1. The topological polar surface area (TPSA) is 64.1 Å². The fourth-order valence-electron chi connectivity index (χ4n) is 3.77. The van der Waals surface area contributed by atoms with Gasteiger partial charge in [-0.05, 0) is 29.8 Å². The van der Waals surface area contributed by atoms with Crippen LogP contribution in [0.25, 0.3) is 21.1 Å². The molecule has 1 amide bonds. The number of hydrogen-bond acceptors (Lipinski definition) is 5. The van der Waals surface area contributed by atoms with Crippen LogP contribution < -0.4 is 10.1 Å². The summed E-state index contributed by atoms with van der Waals surface area (Å²) in [6.07, 6.45) is -9.78. The molecule has 0 saturated heterocycles. The van der Waals surface area contributed by atoms with Gasteiger partial charge in [0.05, 0.1) is 27.7 Å². The number of rotatable bonds is 5. The van der Waals surface area contributed by atoms with Crippen LogP contribution in [0.1, 0.15) is 16.8 Å². The number of nitrogens with one attached hydrogen (secondary N) is 1. The highest BCUT2D eigenvalue weighted by Crippen LogP contribution is 2.41. The van der Waals surface area contributed by atoms with Crippen molar-refractivity contribution < 1.29 is 35.9 Å². The number of para-hydroxylation sites is 1. The summed E-state index contributed by atoms with van der Waals surface area (Å²) in [7, 11) is 0. The van der Waals surface area contributed by atoms with Crippen molar-refractivity contribution in [2.45, 2.75) is 18.8 Å². The number of pyridine rings is 1. The van der Waals surface area contributed by atoms with Crippen LogP contribution >= 0.6 is 11.3 Å². The molecule has 0 saturated carbocycles. The number of thiazole rings is 1. The Morgan fingerprint density at radius 3 is 2.34 bits per heavy atom. The molecule has 0 aliphatic rings. The normalized spacial score (nSPS) is 12.2. The average molecular weight is 547 g/mol. The van der Waals surface area contributed by atoms with Crippen molar-refractivity contribution in [3.05, 3.63) is 89.6 Å². The molecule has 0 aliphatic carbocycles. The molecule has 0 radical (unpaired) electrons. The molecule has 2 heterocycles. The standard InChI is InChI=1S/C26H15F6N3O2S/c27-25(28,29)17-8-4-7-16-19(13-21(26(30,31)32)34-23(16)17)37-15-9-10-18-20(12-15)38-24(33-18)35-22(36)11-14-5-2-1-3-6-14/h1-10,12-13H,11H2,(H,33,35,36).